The molecule has 2 atom stereocenters. The van der Waals surface area contributed by atoms with Crippen LogP contribution in [0, 0.1) is 11.8 Å². The Hall–Kier alpha value is -0.670. The van der Waals surface area contributed by atoms with Gasteiger partial charge in [-0.15, -0.1) is 0 Å². The van der Waals surface area contributed by atoms with Crippen LogP contribution >= 0.6 is 15.9 Å². The van der Waals surface area contributed by atoms with E-state index in [1.54, 1.807) is 0 Å². The minimum atomic E-state index is 0.705. The van der Waals surface area contributed by atoms with Crippen molar-refractivity contribution in [2.75, 3.05) is 13.1 Å². The van der Waals surface area contributed by atoms with Crippen LogP contribution in [0.5, 0.6) is 0 Å². The topological polar surface area (TPSA) is 24.9 Å². The van der Waals surface area contributed by atoms with Crippen molar-refractivity contribution >= 4 is 21.5 Å². The van der Waals surface area contributed by atoms with E-state index < -0.39 is 0 Å². The van der Waals surface area contributed by atoms with Crippen LogP contribution in [0.2, 0.25) is 0 Å². The molecular weight excluding hydrogens is 264 g/mol. The number of hydrogen-bond acceptors (Lipinski definition) is 2. The lowest BCUT2D eigenvalue weighted by atomic mass is 9.78. The van der Waals surface area contributed by atoms with Crippen LogP contribution in [0.1, 0.15) is 18.4 Å². The Morgan fingerprint density at radius 2 is 2.25 bits per heavy atom. The first kappa shape index (κ1) is 10.5. The van der Waals surface area contributed by atoms with Crippen molar-refractivity contribution in [1.82, 2.24) is 10.3 Å². The molecule has 1 aromatic rings. The molecule has 1 fully saturated rings. The molecule has 1 aliphatic carbocycles. The third-order valence-electron chi connectivity index (χ3n) is 3.70. The smallest absolute Gasteiger partial charge is 0.106 e. The normalized spacial score (nSPS) is 28.7. The Bertz CT molecular complexity index is 410. The van der Waals surface area contributed by atoms with Gasteiger partial charge in [0.15, 0.2) is 0 Å². The SMILES string of the molecule is Brc1ccc(C2=CCC[C@@H]3CNC[C@H]23)cn1. The predicted octanol–water partition coefficient (Wildman–Crippen LogP) is 2.86. The summed E-state index contributed by atoms with van der Waals surface area (Å²) in [6.07, 6.45) is 6.94. The van der Waals surface area contributed by atoms with Crippen molar-refractivity contribution in [3.63, 3.8) is 0 Å². The second kappa shape index (κ2) is 4.30. The molecule has 3 rings (SSSR count). The lowest BCUT2D eigenvalue weighted by molar-refractivity contribution is 0.454. The number of pyridine rings is 1. The molecule has 3 heteroatoms. The van der Waals surface area contributed by atoms with Crippen molar-refractivity contribution in [3.05, 3.63) is 34.6 Å². The van der Waals surface area contributed by atoms with Crippen molar-refractivity contribution in [1.29, 1.82) is 0 Å². The first-order valence-corrected chi connectivity index (χ1v) is 6.66. The third kappa shape index (κ3) is 1.82. The van der Waals surface area contributed by atoms with Gasteiger partial charge in [-0.3, -0.25) is 0 Å². The molecule has 0 amide bonds. The fraction of sp³-hybridized carbons (Fsp3) is 0.462. The van der Waals surface area contributed by atoms with Gasteiger partial charge in [-0.2, -0.15) is 0 Å². The largest absolute Gasteiger partial charge is 0.316 e. The highest BCUT2D eigenvalue weighted by Crippen LogP contribution is 2.38. The Labute approximate surface area is 104 Å². The van der Waals surface area contributed by atoms with Crippen molar-refractivity contribution in [2.45, 2.75) is 12.8 Å². The quantitative estimate of drug-likeness (QED) is 0.800. The summed E-state index contributed by atoms with van der Waals surface area (Å²) in [5, 5.41) is 3.50. The zero-order valence-corrected chi connectivity index (χ0v) is 10.7. The van der Waals surface area contributed by atoms with Crippen LogP contribution in [-0.2, 0) is 0 Å². The van der Waals surface area contributed by atoms with Crippen molar-refractivity contribution in [3.8, 4) is 0 Å². The molecule has 0 bridgehead atoms. The minimum Gasteiger partial charge on any atom is -0.316 e. The summed E-state index contributed by atoms with van der Waals surface area (Å²) in [6.45, 7) is 2.32. The number of halogens is 1. The molecule has 1 N–H and O–H groups in total. The minimum absolute atomic E-state index is 0.705. The van der Waals surface area contributed by atoms with E-state index in [4.69, 9.17) is 0 Å². The third-order valence-corrected chi connectivity index (χ3v) is 4.17. The zero-order chi connectivity index (χ0) is 11.0. The van der Waals surface area contributed by atoms with Crippen LogP contribution in [0.4, 0.5) is 0 Å². The van der Waals surface area contributed by atoms with E-state index in [0.717, 1.165) is 17.1 Å². The van der Waals surface area contributed by atoms with Crippen LogP contribution in [0.25, 0.3) is 5.57 Å². The standard InChI is InChI=1S/C13H15BrN2/c14-13-5-4-10(7-16-13)11-3-1-2-9-6-15-8-12(9)11/h3-5,7,9,12,15H,1-2,6,8H2/t9-,12+/m1/s1. The predicted molar refractivity (Wildman–Crippen MR) is 69.0 cm³/mol. The van der Waals surface area contributed by atoms with Crippen molar-refractivity contribution in [2.24, 2.45) is 11.8 Å². The summed E-state index contributed by atoms with van der Waals surface area (Å²) in [5.41, 5.74) is 2.79. The molecule has 0 saturated carbocycles. The zero-order valence-electron chi connectivity index (χ0n) is 9.12. The molecule has 16 heavy (non-hydrogen) atoms. The van der Waals surface area contributed by atoms with Gasteiger partial charge in [-0.25, -0.2) is 4.98 Å². The van der Waals surface area contributed by atoms with E-state index >= 15 is 0 Å². The van der Waals surface area contributed by atoms with Gasteiger partial charge < -0.3 is 5.32 Å². The van der Waals surface area contributed by atoms with Gasteiger partial charge in [-0.05, 0) is 58.4 Å². The van der Waals surface area contributed by atoms with E-state index in [9.17, 15) is 0 Å². The summed E-state index contributed by atoms with van der Waals surface area (Å²) in [4.78, 5) is 4.32. The Kier molecular flexibility index (Phi) is 2.82. The van der Waals surface area contributed by atoms with Gasteiger partial charge in [-0.1, -0.05) is 12.1 Å². The van der Waals surface area contributed by atoms with Gasteiger partial charge in [0.05, 0.1) is 0 Å². The number of fused-ring (bicyclic) bond motifs is 1. The molecule has 2 nitrogen and oxygen atoms in total. The monoisotopic (exact) mass is 278 g/mol. The molecule has 1 aromatic heterocycles. The Morgan fingerprint density at radius 1 is 1.31 bits per heavy atom. The lowest BCUT2D eigenvalue weighted by Crippen LogP contribution is -2.17. The molecule has 1 aliphatic heterocycles. The van der Waals surface area contributed by atoms with Crippen LogP contribution < -0.4 is 5.32 Å². The van der Waals surface area contributed by atoms with Gasteiger partial charge in [0.2, 0.25) is 0 Å². The average molecular weight is 279 g/mol. The van der Waals surface area contributed by atoms with E-state index in [0.29, 0.717) is 5.92 Å². The highest BCUT2D eigenvalue weighted by molar-refractivity contribution is 9.10. The molecule has 84 valence electrons. The molecule has 2 heterocycles. The molecule has 0 spiro atoms. The highest BCUT2D eigenvalue weighted by Gasteiger charge is 2.32. The van der Waals surface area contributed by atoms with Crippen molar-refractivity contribution < 1.29 is 0 Å². The Morgan fingerprint density at radius 3 is 3.06 bits per heavy atom. The summed E-state index contributed by atoms with van der Waals surface area (Å²) in [5.74, 6) is 1.54. The average Bonchev–Trinajstić information content (AvgIpc) is 2.78. The first-order chi connectivity index (χ1) is 7.84. The first-order valence-electron chi connectivity index (χ1n) is 5.87. The van der Waals surface area contributed by atoms with E-state index in [1.807, 2.05) is 12.3 Å². The highest BCUT2D eigenvalue weighted by atomic mass is 79.9. The summed E-state index contributed by atoms with van der Waals surface area (Å²) in [6, 6.07) is 4.20. The number of allylic oxidation sites excluding steroid dienone is 1. The number of aromatic nitrogens is 1. The molecule has 1 saturated heterocycles. The second-order valence-electron chi connectivity index (χ2n) is 4.63. The fourth-order valence-electron chi connectivity index (χ4n) is 2.88. The molecule has 0 unspecified atom stereocenters. The van der Waals surface area contributed by atoms with E-state index in [-0.39, 0.29) is 0 Å². The number of nitrogens with one attached hydrogen (secondary N) is 1. The number of rotatable bonds is 1. The van der Waals surface area contributed by atoms with Gasteiger partial charge >= 0.3 is 0 Å². The fourth-order valence-corrected chi connectivity index (χ4v) is 3.12. The maximum absolute atomic E-state index is 4.32. The summed E-state index contributed by atoms with van der Waals surface area (Å²) >= 11 is 3.38. The number of nitrogens with zero attached hydrogens (tertiary/aromatic N) is 1. The van der Waals surface area contributed by atoms with E-state index in [2.05, 4.69) is 38.4 Å². The van der Waals surface area contributed by atoms with Gasteiger partial charge in [0.1, 0.15) is 4.60 Å². The van der Waals surface area contributed by atoms with E-state index in [1.165, 1.54) is 30.5 Å². The molecule has 0 aromatic carbocycles. The Balaban J connectivity index is 1.93. The maximum Gasteiger partial charge on any atom is 0.106 e. The van der Waals surface area contributed by atoms with Crippen LogP contribution in [0.3, 0.4) is 0 Å². The maximum atomic E-state index is 4.32. The second-order valence-corrected chi connectivity index (χ2v) is 5.44. The summed E-state index contributed by atoms with van der Waals surface area (Å²) in [7, 11) is 0. The lowest BCUT2D eigenvalue weighted by Gasteiger charge is -2.26. The molecule has 0 radical (unpaired) electrons. The molecule has 2 aliphatic rings. The summed E-state index contributed by atoms with van der Waals surface area (Å²) < 4.78 is 0.911. The van der Waals surface area contributed by atoms with Gasteiger partial charge in [0, 0.05) is 18.7 Å². The number of hydrogen-bond donors (Lipinski definition) is 1. The van der Waals surface area contributed by atoms with Crippen LogP contribution in [-0.4, -0.2) is 18.1 Å². The van der Waals surface area contributed by atoms with Gasteiger partial charge in [0.25, 0.3) is 0 Å². The van der Waals surface area contributed by atoms with Crippen LogP contribution in [0.15, 0.2) is 29.0 Å². The molecular formula is C13H15BrN2.